The Bertz CT molecular complexity index is 3670. The Balaban J connectivity index is 0.941. The van der Waals surface area contributed by atoms with E-state index in [1.807, 2.05) is 5.57 Å². The summed E-state index contributed by atoms with van der Waals surface area (Å²) in [6.07, 6.45) is 31.3. The highest BCUT2D eigenvalue weighted by Gasteiger charge is 2.76. The number of likely N-dealkylation sites (N-methyl/N-ethyl adjacent to an activating group) is 1. The maximum absolute atomic E-state index is 2.90. The van der Waals surface area contributed by atoms with Crippen molar-refractivity contribution < 1.29 is 0 Å². The Morgan fingerprint density at radius 2 is 1.42 bits per heavy atom. The molecule has 1 heterocycles. The molecule has 1 nitrogen and oxygen atoms in total. The average Bonchev–Trinajstić information content (AvgIpc) is 4.14. The van der Waals surface area contributed by atoms with E-state index in [1.165, 1.54) is 81.4 Å². The van der Waals surface area contributed by atoms with Crippen LogP contribution in [0, 0.1) is 29.1 Å². The Labute approximate surface area is 362 Å². The molecule has 1 saturated heterocycles. The van der Waals surface area contributed by atoms with E-state index in [0.717, 1.165) is 6.54 Å². The second-order valence-corrected chi connectivity index (χ2v) is 22.3. The molecule has 0 aromatic heterocycles. The molecule has 9 atom stereocenters. The Kier molecular flexibility index (Phi) is 5.37. The molecule has 9 unspecified atom stereocenters. The molecular weight excluding hydrogens is 747 g/mol. The largest absolute Gasteiger partial charge is 0.297 e. The minimum Gasteiger partial charge on any atom is -0.297 e. The average molecular weight is 798 g/mol. The maximum Gasteiger partial charge on any atom is 0.0568 e. The van der Waals surface area contributed by atoms with Crippen LogP contribution in [0.1, 0.15) is 122 Å². The van der Waals surface area contributed by atoms with Crippen molar-refractivity contribution in [1.82, 2.24) is 4.90 Å². The van der Waals surface area contributed by atoms with E-state index in [2.05, 4.69) is 104 Å². The number of fused-ring (bicyclic) bond motifs is 3. The quantitative estimate of drug-likeness (QED) is 0.0676. The summed E-state index contributed by atoms with van der Waals surface area (Å²) >= 11 is 0. The molecule has 7 aromatic carbocycles. The summed E-state index contributed by atoms with van der Waals surface area (Å²) in [5, 5.41) is 19.6. The number of nitrogens with zero attached hydrogens (tertiary/aromatic N) is 1. The van der Waals surface area contributed by atoms with Crippen LogP contribution >= 0.6 is 0 Å². The van der Waals surface area contributed by atoms with Crippen molar-refractivity contribution in [1.29, 1.82) is 0 Å². The molecule has 1 saturated carbocycles. The lowest BCUT2D eigenvalue weighted by atomic mass is 9.46. The van der Waals surface area contributed by atoms with Gasteiger partial charge in [-0.1, -0.05) is 150 Å². The zero-order valence-corrected chi connectivity index (χ0v) is 36.1. The predicted octanol–water partition coefficient (Wildman–Crippen LogP) is 12.9. The lowest BCUT2D eigenvalue weighted by molar-refractivity contribution is 0.277. The number of unbranched alkanes of at least 4 members (excludes halogenated alkanes) is 9. The molecule has 2 spiro atoms. The molecule has 300 valence electrons. The summed E-state index contributed by atoms with van der Waals surface area (Å²) in [6, 6.07) is 20.5. The van der Waals surface area contributed by atoms with Crippen LogP contribution in [0.4, 0.5) is 0 Å². The van der Waals surface area contributed by atoms with Crippen LogP contribution in [0.5, 0.6) is 0 Å². The molecule has 0 N–H and O–H groups in total. The molecule has 7 aromatic rings. The summed E-state index contributed by atoms with van der Waals surface area (Å²) in [5.41, 5.74) is 20.2. The molecular formula is C61H51N. The predicted molar refractivity (Wildman–Crippen MR) is 256 cm³/mol. The van der Waals surface area contributed by atoms with E-state index in [9.17, 15) is 0 Å². The summed E-state index contributed by atoms with van der Waals surface area (Å²) in [7, 11) is 2.54. The smallest absolute Gasteiger partial charge is 0.0568 e. The SMILES string of the molecule is CCCCCCCCCCCCc1ccccc1C1N(C)CC23C4=C5C=CC6C7C5=C2c2c5c8c9c%10c(ccc%11c%12ccc%13c%14c(c2c8c(c%10%11)c%14%12)C13C=%13C=C4)C1C=CC6C(C=57)C91. The van der Waals surface area contributed by atoms with Gasteiger partial charge in [0.25, 0.3) is 0 Å². The van der Waals surface area contributed by atoms with Crippen molar-refractivity contribution in [3.63, 3.8) is 0 Å². The fraction of sp³-hybridized carbons (Fsp3) is 0.377. The molecule has 2 fully saturated rings. The van der Waals surface area contributed by atoms with Crippen LogP contribution in [0.25, 0.3) is 70.6 Å². The zero-order valence-electron chi connectivity index (χ0n) is 36.1. The molecule has 1 heteroatoms. The minimum absolute atomic E-state index is 0.114. The highest BCUT2D eigenvalue weighted by molar-refractivity contribution is 6.47. The van der Waals surface area contributed by atoms with Crippen LogP contribution in [0.3, 0.4) is 0 Å². The fourth-order valence-electron chi connectivity index (χ4n) is 19.1. The van der Waals surface area contributed by atoms with E-state index in [1.54, 1.807) is 115 Å². The fourth-order valence-corrected chi connectivity index (χ4v) is 19.1. The second kappa shape index (κ2) is 10.2. The van der Waals surface area contributed by atoms with Gasteiger partial charge >= 0.3 is 0 Å². The van der Waals surface area contributed by atoms with Crippen molar-refractivity contribution in [2.75, 3.05) is 13.6 Å². The van der Waals surface area contributed by atoms with Gasteiger partial charge in [0.1, 0.15) is 0 Å². The monoisotopic (exact) mass is 797 g/mol. The zero-order chi connectivity index (χ0) is 39.9. The lowest BCUT2D eigenvalue weighted by Gasteiger charge is -2.54. The first-order valence-corrected chi connectivity index (χ1v) is 25.1. The highest BCUT2D eigenvalue weighted by Crippen LogP contribution is 2.83. The lowest BCUT2D eigenvalue weighted by Crippen LogP contribution is -2.51. The molecule has 11 aliphatic rings. The molecule has 62 heavy (non-hydrogen) atoms. The third-order valence-corrected chi connectivity index (χ3v) is 20.5. The van der Waals surface area contributed by atoms with Gasteiger partial charge in [0.15, 0.2) is 0 Å². The molecule has 0 radical (unpaired) electrons. The standard InChI is InChI=1S/C61H51N/c1-3-4-5-6-7-8-9-10-11-12-15-29-16-13-14-17-30(29)59-61-40-27-26-39-37-24-22-35-33-20-18-31-32-19-21-34-36-23-25-38(40)48-46(36)51-44(34)42(32)49-41(31)43(33)50-45(35)47(37)57(60(39,61)28-62(59)2)55-53(50)52(49)54(51)56(55)58(48)61/h13-14,16-27,31,33,35,41,43,45,59H,3-12,15,28H2,1-2H3. The van der Waals surface area contributed by atoms with E-state index in [4.69, 9.17) is 0 Å². The summed E-state index contributed by atoms with van der Waals surface area (Å²) in [5.74, 6) is 3.34. The summed E-state index contributed by atoms with van der Waals surface area (Å²) < 4.78 is 0. The third kappa shape index (κ3) is 2.91. The van der Waals surface area contributed by atoms with Crippen LogP contribution in [-0.4, -0.2) is 18.5 Å². The van der Waals surface area contributed by atoms with E-state index in [0.29, 0.717) is 35.5 Å². The van der Waals surface area contributed by atoms with Crippen LogP contribution in [-0.2, 0) is 11.8 Å². The third-order valence-electron chi connectivity index (χ3n) is 20.5. The van der Waals surface area contributed by atoms with Gasteiger partial charge in [0.05, 0.1) is 10.8 Å². The number of benzene rings is 5. The van der Waals surface area contributed by atoms with Crippen LogP contribution < -0.4 is 10.4 Å². The summed E-state index contributed by atoms with van der Waals surface area (Å²) in [6.45, 7) is 3.41. The first-order chi connectivity index (χ1) is 30.7. The van der Waals surface area contributed by atoms with Gasteiger partial charge in [-0.3, -0.25) is 4.90 Å². The Morgan fingerprint density at radius 1 is 0.645 bits per heavy atom. The minimum atomic E-state index is -0.187. The van der Waals surface area contributed by atoms with E-state index in [-0.39, 0.29) is 16.9 Å². The molecule has 10 aliphatic carbocycles. The van der Waals surface area contributed by atoms with Crippen molar-refractivity contribution in [2.45, 2.75) is 101 Å². The van der Waals surface area contributed by atoms with Crippen molar-refractivity contribution in [3.05, 3.63) is 146 Å². The molecule has 1 aliphatic heterocycles. The maximum atomic E-state index is 2.90. The van der Waals surface area contributed by atoms with Crippen molar-refractivity contribution >= 4 is 70.6 Å². The Hall–Kier alpha value is -4.98. The highest BCUT2D eigenvalue weighted by atomic mass is 15.2. The van der Waals surface area contributed by atoms with Crippen LogP contribution in [0.2, 0.25) is 0 Å². The molecule has 18 rings (SSSR count). The van der Waals surface area contributed by atoms with E-state index < -0.39 is 0 Å². The van der Waals surface area contributed by atoms with Gasteiger partial charge in [-0.15, -0.1) is 0 Å². The number of likely N-dealkylation sites (tertiary alicyclic amines) is 1. The van der Waals surface area contributed by atoms with Gasteiger partial charge in [0.2, 0.25) is 0 Å². The summed E-state index contributed by atoms with van der Waals surface area (Å²) in [4.78, 5) is 2.90. The van der Waals surface area contributed by atoms with Gasteiger partial charge < -0.3 is 0 Å². The number of rotatable bonds is 12. The first kappa shape index (κ1) is 32.7. The molecule has 0 amide bonds. The number of hydrogen-bond acceptors (Lipinski definition) is 1. The van der Waals surface area contributed by atoms with Gasteiger partial charge in [0, 0.05) is 30.3 Å². The van der Waals surface area contributed by atoms with Gasteiger partial charge in [-0.25, -0.2) is 0 Å². The number of allylic oxidation sites excluding steroid dienone is 8. The topological polar surface area (TPSA) is 3.24 Å². The number of aryl methyl sites for hydroxylation is 1. The van der Waals surface area contributed by atoms with Crippen LogP contribution in [0.15, 0.2) is 102 Å². The van der Waals surface area contributed by atoms with E-state index >= 15 is 0 Å². The Morgan fingerprint density at radius 3 is 2.29 bits per heavy atom. The molecule has 0 bridgehead atoms. The second-order valence-electron chi connectivity index (χ2n) is 22.3. The first-order valence-electron chi connectivity index (χ1n) is 25.1. The van der Waals surface area contributed by atoms with Gasteiger partial charge in [-0.05, 0) is 169 Å². The van der Waals surface area contributed by atoms with Crippen molar-refractivity contribution in [3.8, 4) is 0 Å². The number of hydrogen-bond donors (Lipinski definition) is 0. The van der Waals surface area contributed by atoms with Crippen molar-refractivity contribution in [2.24, 2.45) is 29.1 Å². The normalized spacial score (nSPS) is 33.2. The van der Waals surface area contributed by atoms with Gasteiger partial charge in [-0.2, -0.15) is 0 Å².